The van der Waals surface area contributed by atoms with Crippen molar-refractivity contribution in [2.75, 3.05) is 0 Å². The van der Waals surface area contributed by atoms with E-state index in [0.29, 0.717) is 10.9 Å². The number of nitrogens with zero attached hydrogens (tertiary/aromatic N) is 6. The van der Waals surface area contributed by atoms with Gasteiger partial charge in [-0.05, 0) is 36.4 Å². The van der Waals surface area contributed by atoms with E-state index >= 15 is 0 Å². The number of hydrogen-bond acceptors (Lipinski definition) is 5. The highest BCUT2D eigenvalue weighted by Gasteiger charge is 2.16. The third kappa shape index (κ3) is 2.86. The van der Waals surface area contributed by atoms with Gasteiger partial charge < -0.3 is 0 Å². The van der Waals surface area contributed by atoms with Crippen LogP contribution in [0.4, 0.5) is 0 Å². The Kier molecular flexibility index (Phi) is 4.44. The summed E-state index contributed by atoms with van der Waals surface area (Å²) in [5.74, 6) is 0.678. The number of aryl methyl sites for hydroxylation is 2. The Labute approximate surface area is 137 Å². The van der Waals surface area contributed by atoms with Crippen LogP contribution in [0.5, 0.6) is 0 Å². The molecular formula is C14H15ClN6S. The molecule has 0 atom stereocenters. The summed E-state index contributed by atoms with van der Waals surface area (Å²) >= 11 is 8.06. The zero-order valence-corrected chi connectivity index (χ0v) is 13.8. The fourth-order valence-corrected chi connectivity index (χ4v) is 3.52. The molecular weight excluding hydrogens is 320 g/mol. The second-order valence-corrected chi connectivity index (χ2v) is 5.97. The Bertz CT molecular complexity index is 767. The number of para-hydroxylation sites is 1. The topological polar surface area (TPSA) is 61.4 Å². The monoisotopic (exact) mass is 334 g/mol. The van der Waals surface area contributed by atoms with E-state index in [2.05, 4.69) is 20.6 Å². The van der Waals surface area contributed by atoms with Gasteiger partial charge in [-0.25, -0.2) is 9.36 Å². The van der Waals surface area contributed by atoms with Crippen LogP contribution in [0.25, 0.3) is 5.69 Å². The number of hydrogen-bond donors (Lipinski definition) is 0. The van der Waals surface area contributed by atoms with Gasteiger partial charge in [0.2, 0.25) is 5.16 Å². The van der Waals surface area contributed by atoms with Gasteiger partial charge in [0.05, 0.1) is 11.4 Å². The van der Waals surface area contributed by atoms with Crippen LogP contribution in [0.3, 0.4) is 0 Å². The van der Waals surface area contributed by atoms with Crippen LogP contribution in [0, 0.1) is 6.92 Å². The molecule has 0 spiro atoms. The highest BCUT2D eigenvalue weighted by molar-refractivity contribution is 7.98. The number of aromatic nitrogens is 6. The van der Waals surface area contributed by atoms with Crippen LogP contribution < -0.4 is 0 Å². The van der Waals surface area contributed by atoms with E-state index in [4.69, 9.17) is 11.6 Å². The SMILES string of the molecule is CCn1nnnc1SCc1c(C)nn(-c2ccccc2)c1Cl. The van der Waals surface area contributed by atoms with Gasteiger partial charge in [0, 0.05) is 17.9 Å². The van der Waals surface area contributed by atoms with E-state index in [1.807, 2.05) is 44.2 Å². The van der Waals surface area contributed by atoms with Gasteiger partial charge >= 0.3 is 0 Å². The summed E-state index contributed by atoms with van der Waals surface area (Å²) in [5.41, 5.74) is 2.86. The molecule has 6 nitrogen and oxygen atoms in total. The highest BCUT2D eigenvalue weighted by atomic mass is 35.5. The highest BCUT2D eigenvalue weighted by Crippen LogP contribution is 2.29. The zero-order chi connectivity index (χ0) is 15.5. The minimum atomic E-state index is 0.631. The summed E-state index contributed by atoms with van der Waals surface area (Å²) in [4.78, 5) is 0. The second kappa shape index (κ2) is 6.50. The summed E-state index contributed by atoms with van der Waals surface area (Å²) in [6.45, 7) is 4.71. The summed E-state index contributed by atoms with van der Waals surface area (Å²) in [5, 5.41) is 17.6. The first kappa shape index (κ1) is 15.1. The largest absolute Gasteiger partial charge is 0.222 e. The lowest BCUT2D eigenvalue weighted by Crippen LogP contribution is -1.99. The molecule has 2 aromatic heterocycles. The maximum Gasteiger partial charge on any atom is 0.209 e. The molecule has 114 valence electrons. The van der Waals surface area contributed by atoms with Gasteiger partial charge in [-0.1, -0.05) is 41.6 Å². The second-order valence-electron chi connectivity index (χ2n) is 4.67. The smallest absolute Gasteiger partial charge is 0.209 e. The lowest BCUT2D eigenvalue weighted by molar-refractivity contribution is 0.581. The van der Waals surface area contributed by atoms with Crippen molar-refractivity contribution in [2.45, 2.75) is 31.3 Å². The molecule has 0 N–H and O–H groups in total. The molecule has 0 aliphatic carbocycles. The third-order valence-corrected chi connectivity index (χ3v) is 4.64. The van der Waals surface area contributed by atoms with E-state index in [1.54, 1.807) is 21.1 Å². The average molecular weight is 335 g/mol. The van der Waals surface area contributed by atoms with Gasteiger partial charge in [0.15, 0.2) is 0 Å². The summed E-state index contributed by atoms with van der Waals surface area (Å²) in [7, 11) is 0. The van der Waals surface area contributed by atoms with E-state index in [0.717, 1.165) is 28.6 Å². The maximum atomic E-state index is 6.51. The molecule has 3 rings (SSSR count). The van der Waals surface area contributed by atoms with Crippen molar-refractivity contribution in [1.29, 1.82) is 0 Å². The molecule has 22 heavy (non-hydrogen) atoms. The Hall–Kier alpha value is -1.86. The van der Waals surface area contributed by atoms with Crippen LogP contribution in [0.2, 0.25) is 5.15 Å². The van der Waals surface area contributed by atoms with Gasteiger partial charge in [-0.2, -0.15) is 5.10 Å². The number of rotatable bonds is 5. The van der Waals surface area contributed by atoms with Crippen molar-refractivity contribution in [2.24, 2.45) is 0 Å². The minimum Gasteiger partial charge on any atom is -0.222 e. The van der Waals surface area contributed by atoms with Crippen molar-refractivity contribution in [3.05, 3.63) is 46.7 Å². The van der Waals surface area contributed by atoms with Gasteiger partial charge in [-0.3, -0.25) is 0 Å². The zero-order valence-electron chi connectivity index (χ0n) is 12.3. The van der Waals surface area contributed by atoms with E-state index in [9.17, 15) is 0 Å². The van der Waals surface area contributed by atoms with Crippen LogP contribution in [0.15, 0.2) is 35.5 Å². The Balaban J connectivity index is 1.85. The fourth-order valence-electron chi connectivity index (χ4n) is 2.07. The molecule has 0 fully saturated rings. The summed E-state index contributed by atoms with van der Waals surface area (Å²) < 4.78 is 3.52. The molecule has 0 saturated heterocycles. The fraction of sp³-hybridized carbons (Fsp3) is 0.286. The first-order valence-corrected chi connectivity index (χ1v) is 8.25. The van der Waals surface area contributed by atoms with Gasteiger partial charge in [0.25, 0.3) is 0 Å². The normalized spacial score (nSPS) is 11.0. The molecule has 0 aliphatic heterocycles. The number of benzene rings is 1. The molecule has 0 bridgehead atoms. The third-order valence-electron chi connectivity index (χ3n) is 3.27. The van der Waals surface area contributed by atoms with Crippen molar-refractivity contribution in [1.82, 2.24) is 30.0 Å². The Morgan fingerprint density at radius 2 is 2.00 bits per heavy atom. The van der Waals surface area contributed by atoms with E-state index < -0.39 is 0 Å². The quantitative estimate of drug-likeness (QED) is 0.671. The van der Waals surface area contributed by atoms with Crippen molar-refractivity contribution < 1.29 is 0 Å². The first-order chi connectivity index (χ1) is 10.7. The Morgan fingerprint density at radius 3 is 2.73 bits per heavy atom. The van der Waals surface area contributed by atoms with Gasteiger partial charge in [-0.15, -0.1) is 5.10 Å². The van der Waals surface area contributed by atoms with Crippen molar-refractivity contribution in [3.63, 3.8) is 0 Å². The molecule has 8 heteroatoms. The van der Waals surface area contributed by atoms with Crippen molar-refractivity contribution >= 4 is 23.4 Å². The number of halogens is 1. The van der Waals surface area contributed by atoms with Crippen molar-refractivity contribution in [3.8, 4) is 5.69 Å². The molecule has 2 heterocycles. The van der Waals surface area contributed by atoms with Crippen LogP contribution in [-0.2, 0) is 12.3 Å². The van der Waals surface area contributed by atoms with Crippen LogP contribution in [0.1, 0.15) is 18.2 Å². The standard InChI is InChI=1S/C14H15ClN6S/c1-3-20-14(16-18-19-20)22-9-12-10(2)17-21(13(12)15)11-7-5-4-6-8-11/h4-8H,3,9H2,1-2H3. The Morgan fingerprint density at radius 1 is 1.23 bits per heavy atom. The van der Waals surface area contributed by atoms with E-state index in [-0.39, 0.29) is 0 Å². The van der Waals surface area contributed by atoms with Gasteiger partial charge in [0.1, 0.15) is 5.15 Å². The maximum absolute atomic E-state index is 6.51. The van der Waals surface area contributed by atoms with E-state index in [1.165, 1.54) is 0 Å². The molecule has 0 aliphatic rings. The number of thioether (sulfide) groups is 1. The predicted octanol–water partition coefficient (Wildman–Crippen LogP) is 3.13. The lowest BCUT2D eigenvalue weighted by Gasteiger charge is -2.03. The summed E-state index contributed by atoms with van der Waals surface area (Å²) in [6, 6.07) is 9.85. The first-order valence-electron chi connectivity index (χ1n) is 6.89. The van der Waals surface area contributed by atoms with Crippen LogP contribution in [-0.4, -0.2) is 30.0 Å². The molecule has 1 aromatic carbocycles. The predicted molar refractivity (Wildman–Crippen MR) is 86.4 cm³/mol. The molecule has 0 amide bonds. The molecule has 0 radical (unpaired) electrons. The molecule has 0 saturated carbocycles. The number of tetrazole rings is 1. The lowest BCUT2D eigenvalue weighted by atomic mass is 10.3. The molecule has 3 aromatic rings. The average Bonchev–Trinajstić information content (AvgIpc) is 3.11. The van der Waals surface area contributed by atoms with Crippen LogP contribution >= 0.6 is 23.4 Å². The molecule has 0 unspecified atom stereocenters. The summed E-state index contributed by atoms with van der Waals surface area (Å²) in [6.07, 6.45) is 0. The minimum absolute atomic E-state index is 0.631.